The van der Waals surface area contributed by atoms with E-state index in [2.05, 4.69) is 29.9 Å². The summed E-state index contributed by atoms with van der Waals surface area (Å²) in [5.41, 5.74) is 10.3. The minimum absolute atomic E-state index is 0.0215. The van der Waals surface area contributed by atoms with Gasteiger partial charge in [-0.05, 0) is 48.2 Å². The molecule has 1 amide bonds. The normalized spacial score (nSPS) is 22.1. The molecule has 0 aliphatic carbocycles. The number of amides is 1. The summed E-state index contributed by atoms with van der Waals surface area (Å²) in [6.45, 7) is 5.67. The van der Waals surface area contributed by atoms with Crippen LogP contribution in [-0.2, 0) is 9.53 Å². The topological polar surface area (TPSA) is 101 Å². The maximum Gasteiger partial charge on any atom is 0.253 e. The smallest absolute Gasteiger partial charge is 0.253 e. The van der Waals surface area contributed by atoms with Gasteiger partial charge >= 0.3 is 0 Å². The first-order chi connectivity index (χ1) is 16.3. The lowest BCUT2D eigenvalue weighted by Crippen LogP contribution is -2.64. The third-order valence-electron chi connectivity index (χ3n) is 7.31. The van der Waals surface area contributed by atoms with Crippen molar-refractivity contribution in [1.82, 2.24) is 14.9 Å². The van der Waals surface area contributed by atoms with Crippen molar-refractivity contribution in [3.05, 3.63) is 66.0 Å². The van der Waals surface area contributed by atoms with Gasteiger partial charge in [-0.2, -0.15) is 0 Å². The molecule has 5 rings (SSSR count). The molecule has 2 aliphatic rings. The van der Waals surface area contributed by atoms with Crippen molar-refractivity contribution in [3.8, 4) is 11.1 Å². The van der Waals surface area contributed by atoms with E-state index in [0.29, 0.717) is 25.1 Å². The number of aromatic amines is 1. The largest absolute Gasteiger partial charge is 0.376 e. The van der Waals surface area contributed by atoms with Crippen LogP contribution in [0.15, 0.2) is 60.4 Å². The Morgan fingerprint density at radius 1 is 1.15 bits per heavy atom. The van der Waals surface area contributed by atoms with Gasteiger partial charge in [0.15, 0.2) is 5.78 Å². The molecule has 3 aromatic rings. The van der Waals surface area contributed by atoms with E-state index in [1.165, 1.54) is 0 Å². The monoisotopic (exact) mass is 458 g/mol. The number of fused-ring (bicyclic) bond motifs is 1. The second kappa shape index (κ2) is 8.49. The molecule has 2 aromatic carbocycles. The average molecular weight is 459 g/mol. The van der Waals surface area contributed by atoms with Crippen LogP contribution < -0.4 is 5.73 Å². The van der Waals surface area contributed by atoms with Crippen LogP contribution in [0, 0.1) is 5.41 Å². The molecule has 0 spiro atoms. The zero-order valence-electron chi connectivity index (χ0n) is 19.6. The van der Waals surface area contributed by atoms with Gasteiger partial charge in [-0.3, -0.25) is 9.59 Å². The van der Waals surface area contributed by atoms with Crippen LogP contribution in [0.2, 0.25) is 0 Å². The highest BCUT2D eigenvalue weighted by Gasteiger charge is 2.48. The molecule has 0 bridgehead atoms. The van der Waals surface area contributed by atoms with Gasteiger partial charge in [-0.25, -0.2) is 4.98 Å². The van der Waals surface area contributed by atoms with Crippen molar-refractivity contribution in [1.29, 1.82) is 0 Å². The molecule has 0 radical (unpaired) electrons. The van der Waals surface area contributed by atoms with Crippen LogP contribution in [0.1, 0.15) is 37.0 Å². The first-order valence-electron chi connectivity index (χ1n) is 11.8. The van der Waals surface area contributed by atoms with E-state index in [-0.39, 0.29) is 24.9 Å². The van der Waals surface area contributed by atoms with Crippen LogP contribution >= 0.6 is 0 Å². The fourth-order valence-corrected chi connectivity index (χ4v) is 4.86. The molecule has 1 saturated heterocycles. The van der Waals surface area contributed by atoms with Crippen LogP contribution in [0.5, 0.6) is 0 Å². The molecule has 1 atom stereocenters. The highest BCUT2D eigenvalue weighted by molar-refractivity contribution is 6.04. The first kappa shape index (κ1) is 22.5. The number of nitrogens with one attached hydrogen (secondary N) is 1. The molecule has 2 aliphatic heterocycles. The van der Waals surface area contributed by atoms with E-state index < -0.39 is 11.0 Å². The highest BCUT2D eigenvalue weighted by Crippen LogP contribution is 2.38. The number of hydrogen-bond acceptors (Lipinski definition) is 5. The number of carbonyl (C=O) groups is 2. The predicted molar refractivity (Wildman–Crippen MR) is 131 cm³/mol. The number of aromatic nitrogens is 2. The third-order valence-corrected chi connectivity index (χ3v) is 7.31. The van der Waals surface area contributed by atoms with Crippen LogP contribution in [0.3, 0.4) is 0 Å². The number of H-pyrrole nitrogens is 1. The lowest BCUT2D eigenvalue weighted by atomic mass is 9.72. The summed E-state index contributed by atoms with van der Waals surface area (Å²) in [6.07, 6.45) is 5.03. The van der Waals surface area contributed by atoms with Crippen molar-refractivity contribution in [2.75, 3.05) is 26.3 Å². The number of nitrogens with two attached hydrogens (primary N) is 1. The second-order valence-corrected chi connectivity index (χ2v) is 9.74. The molecule has 0 saturated carbocycles. The number of rotatable bonds is 5. The molecule has 176 valence electrons. The van der Waals surface area contributed by atoms with Gasteiger partial charge in [0.25, 0.3) is 5.91 Å². The molecule has 1 aromatic heterocycles. The number of benzene rings is 2. The van der Waals surface area contributed by atoms with E-state index in [1.54, 1.807) is 6.33 Å². The maximum atomic E-state index is 13.4. The van der Waals surface area contributed by atoms with E-state index in [0.717, 1.165) is 34.2 Å². The van der Waals surface area contributed by atoms with Crippen molar-refractivity contribution in [2.45, 2.75) is 32.2 Å². The Morgan fingerprint density at radius 3 is 2.56 bits per heavy atom. The van der Waals surface area contributed by atoms with Gasteiger partial charge in [0.05, 0.1) is 30.6 Å². The number of carbonyl (C=O) groups excluding carboxylic acids is 2. The van der Waals surface area contributed by atoms with E-state index in [4.69, 9.17) is 10.5 Å². The number of Topliss-reactive ketones (excluding diaryl/α,β-unsaturated/α-hetero) is 1. The predicted octanol–water partition coefficient (Wildman–Crippen LogP) is 3.72. The van der Waals surface area contributed by atoms with Gasteiger partial charge < -0.3 is 20.4 Å². The molecule has 3 N–H and O–H groups in total. The van der Waals surface area contributed by atoms with Gasteiger partial charge in [0.1, 0.15) is 5.54 Å². The molecular formula is C27H30N4O3. The van der Waals surface area contributed by atoms with E-state index in [1.807, 2.05) is 47.4 Å². The number of nitrogens with zero attached hydrogens (tertiary/aromatic N) is 2. The Bertz CT molecular complexity index is 1270. The van der Waals surface area contributed by atoms with Gasteiger partial charge in [-0.15, -0.1) is 0 Å². The molecule has 3 heterocycles. The Hall–Kier alpha value is -3.29. The summed E-state index contributed by atoms with van der Waals surface area (Å²) in [4.78, 5) is 35.9. The molecule has 34 heavy (non-hydrogen) atoms. The minimum atomic E-state index is -0.934. The number of imidazole rings is 1. The van der Waals surface area contributed by atoms with Gasteiger partial charge in [0.2, 0.25) is 0 Å². The minimum Gasteiger partial charge on any atom is -0.376 e. The molecular weight excluding hydrogens is 428 g/mol. The lowest BCUT2D eigenvalue weighted by Gasteiger charge is -2.41. The van der Waals surface area contributed by atoms with Crippen LogP contribution in [0.25, 0.3) is 22.2 Å². The van der Waals surface area contributed by atoms with Crippen molar-refractivity contribution >= 4 is 22.7 Å². The Morgan fingerprint density at radius 2 is 1.88 bits per heavy atom. The fourth-order valence-electron chi connectivity index (χ4n) is 4.86. The standard InChI is InChI=1S/C27H30N4O3/c1-3-26(2)14-31(12-4-5-21(26)24(32)27(28)15-34-16-27)25(33)19-8-6-18(7-9-19)20-10-11-22-23(13-20)30-17-29-22/h5-11,13,17H,3-4,12,14-16,28H2,1-2H3,(H,29,30). The Kier molecular flexibility index (Phi) is 5.62. The van der Waals surface area contributed by atoms with E-state index >= 15 is 0 Å². The van der Waals surface area contributed by atoms with Crippen molar-refractivity contribution < 1.29 is 14.3 Å². The molecule has 1 unspecified atom stereocenters. The summed E-state index contributed by atoms with van der Waals surface area (Å²) < 4.78 is 5.22. The van der Waals surface area contributed by atoms with Gasteiger partial charge in [-0.1, -0.05) is 38.1 Å². The molecule has 1 fully saturated rings. The number of hydrogen-bond donors (Lipinski definition) is 2. The quantitative estimate of drug-likeness (QED) is 0.607. The summed E-state index contributed by atoms with van der Waals surface area (Å²) in [6, 6.07) is 13.8. The number of ketones is 1. The summed E-state index contributed by atoms with van der Waals surface area (Å²) in [7, 11) is 0. The molecule has 7 nitrogen and oxygen atoms in total. The van der Waals surface area contributed by atoms with E-state index in [9.17, 15) is 9.59 Å². The lowest BCUT2D eigenvalue weighted by molar-refractivity contribution is -0.138. The summed E-state index contributed by atoms with van der Waals surface area (Å²) in [5, 5.41) is 0. The molecule has 7 heteroatoms. The Labute approximate surface area is 199 Å². The second-order valence-electron chi connectivity index (χ2n) is 9.74. The van der Waals surface area contributed by atoms with Crippen LogP contribution in [0.4, 0.5) is 0 Å². The summed E-state index contributed by atoms with van der Waals surface area (Å²) in [5.74, 6) is -0.0669. The summed E-state index contributed by atoms with van der Waals surface area (Å²) >= 11 is 0. The SMILES string of the molecule is CCC1(C)CN(C(=O)c2ccc(-c3ccc4nc[nH]c4c3)cc2)CCC=C1C(=O)C1(N)COC1. The van der Waals surface area contributed by atoms with Crippen molar-refractivity contribution in [3.63, 3.8) is 0 Å². The average Bonchev–Trinajstić information content (AvgIpc) is 3.24. The zero-order chi connectivity index (χ0) is 23.9. The third kappa shape index (κ3) is 3.85. The zero-order valence-corrected chi connectivity index (χ0v) is 19.6. The highest BCUT2D eigenvalue weighted by atomic mass is 16.5. The Balaban J connectivity index is 1.35. The maximum absolute atomic E-state index is 13.4. The first-order valence-corrected chi connectivity index (χ1v) is 11.8. The van der Waals surface area contributed by atoms with Gasteiger partial charge in [0, 0.05) is 29.6 Å². The van der Waals surface area contributed by atoms with Crippen molar-refractivity contribution in [2.24, 2.45) is 11.1 Å². The number of ether oxygens (including phenoxy) is 1. The van der Waals surface area contributed by atoms with Crippen LogP contribution in [-0.4, -0.2) is 58.4 Å². The fraction of sp³-hybridized carbons (Fsp3) is 0.370.